The molecular formula is C16H21NO5. The van der Waals surface area contributed by atoms with Crippen molar-refractivity contribution in [2.45, 2.75) is 39.2 Å². The van der Waals surface area contributed by atoms with E-state index >= 15 is 0 Å². The van der Waals surface area contributed by atoms with Crippen LogP contribution in [0, 0.1) is 0 Å². The predicted molar refractivity (Wildman–Crippen MR) is 81.0 cm³/mol. The summed E-state index contributed by atoms with van der Waals surface area (Å²) in [6, 6.07) is 5.93. The second kappa shape index (κ2) is 8.81. The van der Waals surface area contributed by atoms with Gasteiger partial charge in [-0.25, -0.2) is 4.79 Å². The highest BCUT2D eigenvalue weighted by Gasteiger charge is 2.16. The molecule has 1 aromatic carbocycles. The maximum Gasteiger partial charge on any atom is 0.326 e. The van der Waals surface area contributed by atoms with Crippen LogP contribution in [-0.2, 0) is 9.59 Å². The summed E-state index contributed by atoms with van der Waals surface area (Å²) in [5.74, 6) is -0.711. The lowest BCUT2D eigenvalue weighted by Crippen LogP contribution is -2.40. The number of Topliss-reactive ketones (excluding diaryl/α,β-unsaturated/α-hetero) is 1. The molecule has 0 aliphatic rings. The third-order valence-electron chi connectivity index (χ3n) is 3.12. The van der Waals surface area contributed by atoms with Gasteiger partial charge in [0, 0.05) is 12.0 Å². The van der Waals surface area contributed by atoms with Crippen molar-refractivity contribution in [3.05, 3.63) is 29.8 Å². The van der Waals surface area contributed by atoms with Crippen LogP contribution in [0.4, 0.5) is 0 Å². The van der Waals surface area contributed by atoms with Crippen molar-refractivity contribution in [1.82, 2.24) is 5.32 Å². The van der Waals surface area contributed by atoms with Crippen LogP contribution in [0.1, 0.15) is 43.5 Å². The lowest BCUT2D eigenvalue weighted by Gasteiger charge is -2.12. The van der Waals surface area contributed by atoms with Gasteiger partial charge in [-0.3, -0.25) is 9.59 Å². The number of hydrogen-bond donors (Lipinski definition) is 2. The first-order valence-electron chi connectivity index (χ1n) is 7.20. The van der Waals surface area contributed by atoms with Gasteiger partial charge in [0.05, 0.1) is 6.61 Å². The fourth-order valence-electron chi connectivity index (χ4n) is 1.81. The van der Waals surface area contributed by atoms with Crippen LogP contribution in [-0.4, -0.2) is 35.4 Å². The Balaban J connectivity index is 2.28. The molecule has 0 aromatic heterocycles. The smallest absolute Gasteiger partial charge is 0.326 e. The molecule has 6 heteroatoms. The van der Waals surface area contributed by atoms with Gasteiger partial charge in [-0.1, -0.05) is 6.92 Å². The number of carboxylic acids is 1. The third-order valence-corrected chi connectivity index (χ3v) is 3.12. The minimum Gasteiger partial charge on any atom is -0.494 e. The molecule has 0 bridgehead atoms. The molecule has 1 rings (SSSR count). The molecule has 1 unspecified atom stereocenters. The van der Waals surface area contributed by atoms with Crippen LogP contribution in [0.3, 0.4) is 0 Å². The van der Waals surface area contributed by atoms with Crippen LogP contribution >= 0.6 is 0 Å². The Labute approximate surface area is 129 Å². The molecule has 0 aliphatic heterocycles. The van der Waals surface area contributed by atoms with Crippen molar-refractivity contribution in [2.24, 2.45) is 0 Å². The lowest BCUT2D eigenvalue weighted by atomic mass is 10.1. The minimum atomic E-state index is -1.03. The van der Waals surface area contributed by atoms with E-state index in [4.69, 9.17) is 9.84 Å². The topological polar surface area (TPSA) is 92.7 Å². The summed E-state index contributed by atoms with van der Waals surface area (Å²) in [5.41, 5.74) is 0.617. The molecule has 0 fully saturated rings. The molecule has 0 radical (unpaired) electrons. The molecule has 1 aromatic rings. The SMILES string of the molecule is CCC(NC(=O)CCCOc1ccc(C(C)=O)cc1)C(=O)O. The minimum absolute atomic E-state index is 0.00729. The summed E-state index contributed by atoms with van der Waals surface area (Å²) >= 11 is 0. The number of amides is 1. The average Bonchev–Trinajstić information content (AvgIpc) is 2.49. The zero-order valence-corrected chi connectivity index (χ0v) is 12.8. The number of nitrogens with one attached hydrogen (secondary N) is 1. The Morgan fingerprint density at radius 2 is 1.86 bits per heavy atom. The van der Waals surface area contributed by atoms with E-state index in [1.807, 2.05) is 0 Å². The number of carbonyl (C=O) groups excluding carboxylic acids is 2. The Hall–Kier alpha value is -2.37. The van der Waals surface area contributed by atoms with E-state index in [2.05, 4.69) is 5.32 Å². The molecule has 120 valence electrons. The number of benzene rings is 1. The number of carboxylic acid groups (broad SMARTS) is 1. The molecule has 0 saturated carbocycles. The van der Waals surface area contributed by atoms with E-state index in [-0.39, 0.29) is 18.1 Å². The van der Waals surface area contributed by atoms with Gasteiger partial charge in [0.2, 0.25) is 5.91 Å². The van der Waals surface area contributed by atoms with Crippen LogP contribution in [0.25, 0.3) is 0 Å². The Kier molecular flexibility index (Phi) is 7.08. The van der Waals surface area contributed by atoms with Crippen LogP contribution < -0.4 is 10.1 Å². The van der Waals surface area contributed by atoms with E-state index < -0.39 is 12.0 Å². The monoisotopic (exact) mass is 307 g/mol. The highest BCUT2D eigenvalue weighted by atomic mass is 16.5. The maximum absolute atomic E-state index is 11.6. The molecule has 0 saturated heterocycles. The molecule has 6 nitrogen and oxygen atoms in total. The summed E-state index contributed by atoms with van der Waals surface area (Å²) in [5, 5.41) is 11.3. The van der Waals surface area contributed by atoms with Crippen molar-refractivity contribution < 1.29 is 24.2 Å². The highest BCUT2D eigenvalue weighted by Crippen LogP contribution is 2.13. The molecule has 0 spiro atoms. The number of carbonyl (C=O) groups is 3. The van der Waals surface area contributed by atoms with Gasteiger partial charge in [-0.05, 0) is 44.0 Å². The molecule has 0 aliphatic carbocycles. The molecule has 22 heavy (non-hydrogen) atoms. The second-order valence-corrected chi connectivity index (χ2v) is 4.90. The summed E-state index contributed by atoms with van der Waals surface area (Å²) in [6.45, 7) is 3.54. The quantitative estimate of drug-likeness (QED) is 0.538. The zero-order chi connectivity index (χ0) is 16.5. The first-order chi connectivity index (χ1) is 10.4. The molecule has 2 N–H and O–H groups in total. The van der Waals surface area contributed by atoms with E-state index in [1.54, 1.807) is 31.2 Å². The first kappa shape index (κ1) is 17.7. The van der Waals surface area contributed by atoms with Crippen molar-refractivity contribution in [2.75, 3.05) is 6.61 Å². The van der Waals surface area contributed by atoms with Gasteiger partial charge < -0.3 is 15.2 Å². The van der Waals surface area contributed by atoms with Crippen molar-refractivity contribution in [1.29, 1.82) is 0 Å². The van der Waals surface area contributed by atoms with Gasteiger partial charge in [-0.15, -0.1) is 0 Å². The van der Waals surface area contributed by atoms with E-state index in [9.17, 15) is 14.4 Å². The summed E-state index contributed by atoms with van der Waals surface area (Å²) in [4.78, 5) is 33.5. The average molecular weight is 307 g/mol. The van der Waals surface area contributed by atoms with E-state index in [0.29, 0.717) is 30.8 Å². The Bertz CT molecular complexity index is 524. The molecular weight excluding hydrogens is 286 g/mol. The highest BCUT2D eigenvalue weighted by molar-refractivity contribution is 5.94. The third kappa shape index (κ3) is 5.95. The fraction of sp³-hybridized carbons (Fsp3) is 0.438. The largest absolute Gasteiger partial charge is 0.494 e. The van der Waals surface area contributed by atoms with Crippen molar-refractivity contribution in [3.8, 4) is 5.75 Å². The zero-order valence-electron chi connectivity index (χ0n) is 12.8. The normalized spacial score (nSPS) is 11.5. The maximum atomic E-state index is 11.6. The first-order valence-corrected chi connectivity index (χ1v) is 7.20. The number of rotatable bonds is 9. The van der Waals surface area contributed by atoms with Crippen molar-refractivity contribution in [3.63, 3.8) is 0 Å². The van der Waals surface area contributed by atoms with Gasteiger partial charge in [0.1, 0.15) is 11.8 Å². The van der Waals surface area contributed by atoms with E-state index in [0.717, 1.165) is 0 Å². The summed E-state index contributed by atoms with van der Waals surface area (Å²) < 4.78 is 5.46. The Morgan fingerprint density at radius 1 is 1.23 bits per heavy atom. The standard InChI is InChI=1S/C16H21NO5/c1-3-14(16(20)21)17-15(19)5-4-10-22-13-8-6-12(7-9-13)11(2)18/h6-9,14H,3-5,10H2,1-2H3,(H,17,19)(H,20,21). The number of ether oxygens (including phenoxy) is 1. The summed E-state index contributed by atoms with van der Waals surface area (Å²) in [6.07, 6.45) is 1.03. The van der Waals surface area contributed by atoms with Crippen molar-refractivity contribution >= 4 is 17.7 Å². The van der Waals surface area contributed by atoms with Crippen LogP contribution in [0.5, 0.6) is 5.75 Å². The van der Waals surface area contributed by atoms with Gasteiger partial charge in [0.25, 0.3) is 0 Å². The number of aliphatic carboxylic acids is 1. The molecule has 1 amide bonds. The van der Waals surface area contributed by atoms with Gasteiger partial charge in [-0.2, -0.15) is 0 Å². The van der Waals surface area contributed by atoms with Crippen LogP contribution in [0.2, 0.25) is 0 Å². The second-order valence-electron chi connectivity index (χ2n) is 4.90. The predicted octanol–water partition coefficient (Wildman–Crippen LogP) is 2.03. The van der Waals surface area contributed by atoms with Gasteiger partial charge >= 0.3 is 5.97 Å². The molecule has 0 heterocycles. The number of hydrogen-bond acceptors (Lipinski definition) is 4. The molecule has 1 atom stereocenters. The Morgan fingerprint density at radius 3 is 2.36 bits per heavy atom. The number of ketones is 1. The van der Waals surface area contributed by atoms with Crippen LogP contribution in [0.15, 0.2) is 24.3 Å². The van der Waals surface area contributed by atoms with E-state index in [1.165, 1.54) is 6.92 Å². The fourth-order valence-corrected chi connectivity index (χ4v) is 1.81. The summed E-state index contributed by atoms with van der Waals surface area (Å²) in [7, 11) is 0. The lowest BCUT2D eigenvalue weighted by molar-refractivity contribution is -0.141. The van der Waals surface area contributed by atoms with Gasteiger partial charge in [0.15, 0.2) is 5.78 Å².